The van der Waals surface area contributed by atoms with E-state index in [9.17, 15) is 4.79 Å². The van der Waals surface area contributed by atoms with E-state index < -0.39 is 0 Å². The summed E-state index contributed by atoms with van der Waals surface area (Å²) in [5.41, 5.74) is 1.24. The molecule has 1 saturated heterocycles. The van der Waals surface area contributed by atoms with Gasteiger partial charge in [0.25, 0.3) is 5.91 Å². The van der Waals surface area contributed by atoms with Crippen LogP contribution < -0.4 is 16.0 Å². The molecular weight excluding hydrogens is 362 g/mol. The van der Waals surface area contributed by atoms with Crippen molar-refractivity contribution >= 4 is 40.9 Å². The van der Waals surface area contributed by atoms with E-state index in [1.54, 1.807) is 18.3 Å². The highest BCUT2D eigenvalue weighted by molar-refractivity contribution is 6.11. The van der Waals surface area contributed by atoms with Crippen LogP contribution in [0, 0.1) is 0 Å². The number of halogens is 1. The fourth-order valence-electron chi connectivity index (χ4n) is 3.21. The van der Waals surface area contributed by atoms with Crippen molar-refractivity contribution in [1.82, 2.24) is 15.3 Å². The quantitative estimate of drug-likeness (QED) is 0.643. The van der Waals surface area contributed by atoms with E-state index in [0.717, 1.165) is 37.1 Å². The second-order valence-corrected chi connectivity index (χ2v) is 6.41. The van der Waals surface area contributed by atoms with Gasteiger partial charge in [-0.3, -0.25) is 4.79 Å². The van der Waals surface area contributed by atoms with E-state index in [0.29, 0.717) is 22.9 Å². The van der Waals surface area contributed by atoms with Gasteiger partial charge < -0.3 is 16.0 Å². The summed E-state index contributed by atoms with van der Waals surface area (Å²) in [6.07, 6.45) is 3.79. The number of hydrogen-bond acceptors (Lipinski definition) is 5. The second-order valence-electron chi connectivity index (χ2n) is 6.41. The van der Waals surface area contributed by atoms with E-state index in [4.69, 9.17) is 4.98 Å². The molecule has 0 radical (unpaired) electrons. The third-order valence-corrected chi connectivity index (χ3v) is 4.56. The van der Waals surface area contributed by atoms with Crippen LogP contribution in [-0.2, 0) is 0 Å². The molecule has 0 spiro atoms. The average Bonchev–Trinajstić information content (AvgIpc) is 2.69. The lowest BCUT2D eigenvalue weighted by molar-refractivity contribution is 0.102. The molecule has 1 amide bonds. The molecule has 0 atom stereocenters. The molecule has 3 aromatic rings. The number of piperidine rings is 1. The van der Waals surface area contributed by atoms with Crippen LogP contribution in [0.25, 0.3) is 10.9 Å². The molecule has 4 rings (SSSR count). The van der Waals surface area contributed by atoms with Crippen molar-refractivity contribution in [2.75, 3.05) is 23.7 Å². The van der Waals surface area contributed by atoms with E-state index in [1.807, 2.05) is 36.4 Å². The molecular formula is C20H22ClN5O. The minimum atomic E-state index is -0.208. The normalized spacial score (nSPS) is 14.4. The molecule has 6 nitrogen and oxygen atoms in total. The predicted molar refractivity (Wildman–Crippen MR) is 111 cm³/mol. The Hall–Kier alpha value is -2.70. The first-order valence-electron chi connectivity index (χ1n) is 8.89. The summed E-state index contributed by atoms with van der Waals surface area (Å²) in [4.78, 5) is 21.6. The summed E-state index contributed by atoms with van der Waals surface area (Å²) in [7, 11) is 0. The van der Waals surface area contributed by atoms with Gasteiger partial charge in [-0.05, 0) is 56.3 Å². The van der Waals surface area contributed by atoms with Crippen LogP contribution in [0.2, 0.25) is 0 Å². The SMILES string of the molecule is Cl.O=C(Nc1ccccn1)c1cccc2ccc(NC3CCNCC3)nc12. The van der Waals surface area contributed by atoms with Crippen LogP contribution in [0.1, 0.15) is 23.2 Å². The second kappa shape index (κ2) is 8.79. The highest BCUT2D eigenvalue weighted by Crippen LogP contribution is 2.21. The van der Waals surface area contributed by atoms with Crippen molar-refractivity contribution in [2.45, 2.75) is 18.9 Å². The number of benzene rings is 1. The topological polar surface area (TPSA) is 78.9 Å². The van der Waals surface area contributed by atoms with Gasteiger partial charge in [-0.15, -0.1) is 12.4 Å². The number of rotatable bonds is 4. The first kappa shape index (κ1) is 19.1. The van der Waals surface area contributed by atoms with Crippen LogP contribution in [0.5, 0.6) is 0 Å². The van der Waals surface area contributed by atoms with Gasteiger partial charge in [-0.25, -0.2) is 9.97 Å². The largest absolute Gasteiger partial charge is 0.367 e. The zero-order valence-electron chi connectivity index (χ0n) is 14.8. The molecule has 0 aliphatic carbocycles. The van der Waals surface area contributed by atoms with Gasteiger partial charge >= 0.3 is 0 Å². The molecule has 1 aromatic carbocycles. The average molecular weight is 384 g/mol. The van der Waals surface area contributed by atoms with Crippen LogP contribution >= 0.6 is 12.4 Å². The number of aromatic nitrogens is 2. The van der Waals surface area contributed by atoms with Gasteiger partial charge in [-0.1, -0.05) is 18.2 Å². The van der Waals surface area contributed by atoms with E-state index in [-0.39, 0.29) is 18.3 Å². The van der Waals surface area contributed by atoms with Crippen molar-refractivity contribution in [3.05, 3.63) is 60.3 Å². The third-order valence-electron chi connectivity index (χ3n) is 4.56. The number of carbonyl (C=O) groups is 1. The van der Waals surface area contributed by atoms with E-state index in [1.165, 1.54) is 0 Å². The monoisotopic (exact) mass is 383 g/mol. The first-order valence-corrected chi connectivity index (χ1v) is 8.89. The molecule has 140 valence electrons. The van der Waals surface area contributed by atoms with Crippen molar-refractivity contribution < 1.29 is 4.79 Å². The molecule has 1 fully saturated rings. The number of carbonyl (C=O) groups excluding carboxylic acids is 1. The fourth-order valence-corrected chi connectivity index (χ4v) is 3.21. The molecule has 0 bridgehead atoms. The van der Waals surface area contributed by atoms with Gasteiger partial charge in [0.15, 0.2) is 0 Å². The first-order chi connectivity index (χ1) is 12.8. The van der Waals surface area contributed by atoms with Crippen LogP contribution in [0.15, 0.2) is 54.7 Å². The van der Waals surface area contributed by atoms with Crippen molar-refractivity contribution in [2.24, 2.45) is 0 Å². The van der Waals surface area contributed by atoms with Crippen LogP contribution in [0.3, 0.4) is 0 Å². The molecule has 0 unspecified atom stereocenters. The van der Waals surface area contributed by atoms with Crippen LogP contribution in [0.4, 0.5) is 11.6 Å². The zero-order valence-corrected chi connectivity index (χ0v) is 15.6. The number of nitrogens with one attached hydrogen (secondary N) is 3. The number of amides is 1. The Morgan fingerprint density at radius 3 is 2.63 bits per heavy atom. The lowest BCUT2D eigenvalue weighted by Gasteiger charge is -2.24. The van der Waals surface area contributed by atoms with E-state index >= 15 is 0 Å². The molecule has 1 aliphatic heterocycles. The number of hydrogen-bond donors (Lipinski definition) is 3. The number of para-hydroxylation sites is 1. The molecule has 1 aliphatic rings. The Bertz CT molecular complexity index is 913. The maximum absolute atomic E-state index is 12.7. The lowest BCUT2D eigenvalue weighted by atomic mass is 10.1. The number of anilines is 2. The predicted octanol–water partition coefficient (Wildman–Crippen LogP) is 3.47. The maximum Gasteiger partial charge on any atom is 0.259 e. The molecule has 0 saturated carbocycles. The highest BCUT2D eigenvalue weighted by atomic mass is 35.5. The van der Waals surface area contributed by atoms with Gasteiger partial charge in [0.05, 0.1) is 11.1 Å². The number of nitrogens with zero attached hydrogens (tertiary/aromatic N) is 2. The zero-order chi connectivity index (χ0) is 17.8. The molecule has 3 N–H and O–H groups in total. The van der Waals surface area contributed by atoms with Crippen molar-refractivity contribution in [3.63, 3.8) is 0 Å². The smallest absolute Gasteiger partial charge is 0.259 e. The Morgan fingerprint density at radius 2 is 1.85 bits per heavy atom. The molecule has 3 heterocycles. The summed E-state index contributed by atoms with van der Waals surface area (Å²) in [6, 6.07) is 15.4. The molecule has 27 heavy (non-hydrogen) atoms. The highest BCUT2D eigenvalue weighted by Gasteiger charge is 2.15. The molecule has 2 aromatic heterocycles. The summed E-state index contributed by atoms with van der Waals surface area (Å²) in [5, 5.41) is 10.6. The summed E-state index contributed by atoms with van der Waals surface area (Å²) in [5.74, 6) is 1.13. The van der Waals surface area contributed by atoms with Gasteiger partial charge in [0, 0.05) is 17.6 Å². The Balaban J connectivity index is 0.00000210. The number of pyridine rings is 2. The standard InChI is InChI=1S/C20H21N5O.ClH/c26-20(25-17-6-1-2-11-22-17)16-5-3-4-14-7-8-18(24-19(14)16)23-15-9-12-21-13-10-15;/h1-8,11,15,21H,9-10,12-13H2,(H,23,24)(H,22,25,26);1H. The van der Waals surface area contributed by atoms with Gasteiger partial charge in [0.2, 0.25) is 0 Å². The maximum atomic E-state index is 12.7. The number of fused-ring (bicyclic) bond motifs is 1. The van der Waals surface area contributed by atoms with Crippen molar-refractivity contribution in [1.29, 1.82) is 0 Å². The van der Waals surface area contributed by atoms with Gasteiger partial charge in [0.1, 0.15) is 11.6 Å². The summed E-state index contributed by atoms with van der Waals surface area (Å²) in [6.45, 7) is 2.03. The Kier molecular flexibility index (Phi) is 6.21. The molecule has 7 heteroatoms. The van der Waals surface area contributed by atoms with Crippen molar-refractivity contribution in [3.8, 4) is 0 Å². The Labute approximate surface area is 164 Å². The fraction of sp³-hybridized carbons (Fsp3) is 0.250. The minimum Gasteiger partial charge on any atom is -0.367 e. The summed E-state index contributed by atoms with van der Waals surface area (Å²) < 4.78 is 0. The lowest BCUT2D eigenvalue weighted by Crippen LogP contribution is -2.35. The minimum absolute atomic E-state index is 0. The van der Waals surface area contributed by atoms with Crippen LogP contribution in [-0.4, -0.2) is 35.0 Å². The van der Waals surface area contributed by atoms with Gasteiger partial charge in [-0.2, -0.15) is 0 Å². The van der Waals surface area contributed by atoms with E-state index in [2.05, 4.69) is 20.9 Å². The Morgan fingerprint density at radius 1 is 1.00 bits per heavy atom. The third kappa shape index (κ3) is 4.53. The summed E-state index contributed by atoms with van der Waals surface area (Å²) >= 11 is 0.